The Morgan fingerprint density at radius 3 is 1.76 bits per heavy atom. The van der Waals surface area contributed by atoms with Crippen LogP contribution in [0.15, 0.2) is 22.7 Å². The molecule has 1 rings (SSSR count). The maximum absolute atomic E-state index is 10.8. The minimum absolute atomic E-state index is 0.0617. The van der Waals surface area contributed by atoms with Crippen LogP contribution in [0.3, 0.4) is 0 Å². The molecule has 0 spiro atoms. The molecule has 92 valence electrons. The van der Waals surface area contributed by atoms with Gasteiger partial charge in [0.05, 0.1) is 0 Å². The van der Waals surface area contributed by atoms with Crippen molar-refractivity contribution >= 4 is 27.7 Å². The van der Waals surface area contributed by atoms with E-state index >= 15 is 0 Å². The van der Waals surface area contributed by atoms with E-state index in [1.807, 2.05) is 18.2 Å². The summed E-state index contributed by atoms with van der Waals surface area (Å²) >= 11 is 3.40. The van der Waals surface area contributed by atoms with Crippen molar-refractivity contribution in [3.8, 4) is 0 Å². The highest BCUT2D eigenvalue weighted by Crippen LogP contribution is 2.16. The lowest BCUT2D eigenvalue weighted by molar-refractivity contribution is -0.119. The molecule has 0 saturated heterocycles. The van der Waals surface area contributed by atoms with Crippen molar-refractivity contribution in [2.45, 2.75) is 26.9 Å². The van der Waals surface area contributed by atoms with E-state index in [4.69, 9.17) is 0 Å². The lowest BCUT2D eigenvalue weighted by atomic mass is 10.1. The van der Waals surface area contributed by atoms with Gasteiger partial charge in [0.2, 0.25) is 11.8 Å². The summed E-state index contributed by atoms with van der Waals surface area (Å²) < 4.78 is 0.931. The largest absolute Gasteiger partial charge is 0.352 e. The Bertz CT molecular complexity index is 396. The normalized spacial score (nSPS) is 9.82. The van der Waals surface area contributed by atoms with Crippen molar-refractivity contribution in [3.63, 3.8) is 0 Å². The van der Waals surface area contributed by atoms with Gasteiger partial charge in [-0.05, 0) is 23.3 Å². The molecule has 1 aromatic rings. The van der Waals surface area contributed by atoms with E-state index in [9.17, 15) is 9.59 Å². The van der Waals surface area contributed by atoms with Crippen LogP contribution in [-0.2, 0) is 22.7 Å². The molecule has 4 nitrogen and oxygen atoms in total. The third-order valence-electron chi connectivity index (χ3n) is 2.10. The number of benzene rings is 1. The van der Waals surface area contributed by atoms with Crippen molar-refractivity contribution in [2.75, 3.05) is 0 Å². The molecule has 0 aliphatic rings. The fourth-order valence-electron chi connectivity index (χ4n) is 1.37. The van der Waals surface area contributed by atoms with Gasteiger partial charge in [0.1, 0.15) is 0 Å². The van der Waals surface area contributed by atoms with Gasteiger partial charge in [-0.2, -0.15) is 0 Å². The Morgan fingerprint density at radius 1 is 1.00 bits per heavy atom. The highest BCUT2D eigenvalue weighted by Gasteiger charge is 2.01. The average molecular weight is 299 g/mol. The van der Waals surface area contributed by atoms with Crippen LogP contribution in [-0.4, -0.2) is 11.8 Å². The summed E-state index contributed by atoms with van der Waals surface area (Å²) in [6.07, 6.45) is 0. The van der Waals surface area contributed by atoms with Gasteiger partial charge >= 0.3 is 0 Å². The summed E-state index contributed by atoms with van der Waals surface area (Å²) in [6, 6.07) is 5.83. The summed E-state index contributed by atoms with van der Waals surface area (Å²) in [5.74, 6) is -0.123. The minimum atomic E-state index is -0.0617. The first-order chi connectivity index (χ1) is 7.97. The number of halogens is 1. The van der Waals surface area contributed by atoms with Gasteiger partial charge in [0.25, 0.3) is 0 Å². The Labute approximate surface area is 109 Å². The molecular formula is C12H15BrN2O2. The first-order valence-electron chi connectivity index (χ1n) is 5.24. The Balaban J connectivity index is 2.71. The van der Waals surface area contributed by atoms with E-state index in [1.165, 1.54) is 13.8 Å². The number of carbonyl (C=O) groups is 2. The van der Waals surface area contributed by atoms with E-state index in [-0.39, 0.29) is 11.8 Å². The Hall–Kier alpha value is -1.36. The van der Waals surface area contributed by atoms with Gasteiger partial charge in [0, 0.05) is 31.4 Å². The highest BCUT2D eigenvalue weighted by molar-refractivity contribution is 9.10. The second-order valence-electron chi connectivity index (χ2n) is 3.79. The molecule has 0 saturated carbocycles. The summed E-state index contributed by atoms with van der Waals surface area (Å²) in [7, 11) is 0. The average Bonchev–Trinajstić information content (AvgIpc) is 2.23. The van der Waals surface area contributed by atoms with Gasteiger partial charge < -0.3 is 10.6 Å². The molecule has 0 radical (unpaired) electrons. The molecule has 17 heavy (non-hydrogen) atoms. The number of rotatable bonds is 4. The standard InChI is InChI=1S/C12H15BrN2O2/c1-8(16)14-6-10-3-11(5-12(13)4-10)7-15-9(2)17/h3-5H,6-7H2,1-2H3,(H,14,16)(H,15,17). The molecule has 1 aromatic carbocycles. The molecule has 0 bridgehead atoms. The number of hydrogen-bond donors (Lipinski definition) is 2. The smallest absolute Gasteiger partial charge is 0.217 e. The molecule has 2 N–H and O–H groups in total. The first kappa shape index (κ1) is 13.7. The van der Waals surface area contributed by atoms with Crippen LogP contribution < -0.4 is 10.6 Å². The van der Waals surface area contributed by atoms with Gasteiger partial charge in [-0.3, -0.25) is 9.59 Å². The minimum Gasteiger partial charge on any atom is -0.352 e. The third-order valence-corrected chi connectivity index (χ3v) is 2.56. The van der Waals surface area contributed by atoms with E-state index in [0.29, 0.717) is 13.1 Å². The van der Waals surface area contributed by atoms with Crippen LogP contribution in [0.5, 0.6) is 0 Å². The van der Waals surface area contributed by atoms with Crippen LogP contribution in [0.1, 0.15) is 25.0 Å². The fraction of sp³-hybridized carbons (Fsp3) is 0.333. The van der Waals surface area contributed by atoms with Crippen LogP contribution in [0.25, 0.3) is 0 Å². The predicted octanol–water partition coefficient (Wildman–Crippen LogP) is 1.72. The van der Waals surface area contributed by atoms with Crippen LogP contribution in [0, 0.1) is 0 Å². The molecule has 0 aliphatic heterocycles. The maximum Gasteiger partial charge on any atom is 0.217 e. The van der Waals surface area contributed by atoms with Crippen LogP contribution >= 0.6 is 15.9 Å². The lowest BCUT2D eigenvalue weighted by Crippen LogP contribution is -2.20. The second-order valence-corrected chi connectivity index (χ2v) is 4.70. The van der Waals surface area contributed by atoms with E-state index in [2.05, 4.69) is 26.6 Å². The van der Waals surface area contributed by atoms with Gasteiger partial charge in [-0.1, -0.05) is 22.0 Å². The summed E-state index contributed by atoms with van der Waals surface area (Å²) in [5.41, 5.74) is 1.99. The topological polar surface area (TPSA) is 58.2 Å². The highest BCUT2D eigenvalue weighted by atomic mass is 79.9. The zero-order valence-electron chi connectivity index (χ0n) is 9.84. The summed E-state index contributed by atoms with van der Waals surface area (Å²) in [6.45, 7) is 3.94. The Morgan fingerprint density at radius 2 is 1.41 bits per heavy atom. The molecular weight excluding hydrogens is 284 g/mol. The lowest BCUT2D eigenvalue weighted by Gasteiger charge is -2.08. The molecule has 2 amide bonds. The fourth-order valence-corrected chi connectivity index (χ4v) is 1.96. The summed E-state index contributed by atoms with van der Waals surface area (Å²) in [4.78, 5) is 21.6. The van der Waals surface area contributed by atoms with Crippen molar-refractivity contribution in [2.24, 2.45) is 0 Å². The van der Waals surface area contributed by atoms with Crippen molar-refractivity contribution in [3.05, 3.63) is 33.8 Å². The predicted molar refractivity (Wildman–Crippen MR) is 69.2 cm³/mol. The first-order valence-corrected chi connectivity index (χ1v) is 6.04. The van der Waals surface area contributed by atoms with Gasteiger partial charge in [0.15, 0.2) is 0 Å². The number of carbonyl (C=O) groups excluding carboxylic acids is 2. The Kier molecular flexibility index (Phi) is 5.15. The monoisotopic (exact) mass is 298 g/mol. The van der Waals surface area contributed by atoms with E-state index < -0.39 is 0 Å². The zero-order chi connectivity index (χ0) is 12.8. The van der Waals surface area contributed by atoms with E-state index in [0.717, 1.165) is 15.6 Å². The molecule has 0 aliphatic carbocycles. The number of amides is 2. The van der Waals surface area contributed by atoms with Crippen molar-refractivity contribution < 1.29 is 9.59 Å². The molecule has 0 fully saturated rings. The van der Waals surface area contributed by atoms with E-state index in [1.54, 1.807) is 0 Å². The molecule has 0 heterocycles. The summed E-state index contributed by atoms with van der Waals surface area (Å²) in [5, 5.41) is 5.47. The molecule has 0 aromatic heterocycles. The van der Waals surface area contributed by atoms with Gasteiger partial charge in [-0.25, -0.2) is 0 Å². The molecule has 0 atom stereocenters. The maximum atomic E-state index is 10.8. The third kappa shape index (κ3) is 5.49. The van der Waals surface area contributed by atoms with Crippen molar-refractivity contribution in [1.29, 1.82) is 0 Å². The number of hydrogen-bond acceptors (Lipinski definition) is 2. The number of nitrogens with one attached hydrogen (secondary N) is 2. The molecule has 0 unspecified atom stereocenters. The SMILES string of the molecule is CC(=O)NCc1cc(Br)cc(CNC(C)=O)c1. The molecule has 5 heteroatoms. The van der Waals surface area contributed by atoms with Gasteiger partial charge in [-0.15, -0.1) is 0 Å². The second kappa shape index (κ2) is 6.39. The quantitative estimate of drug-likeness (QED) is 0.889. The van der Waals surface area contributed by atoms with Crippen LogP contribution in [0.4, 0.5) is 0 Å². The van der Waals surface area contributed by atoms with Crippen LogP contribution in [0.2, 0.25) is 0 Å². The van der Waals surface area contributed by atoms with Crippen molar-refractivity contribution in [1.82, 2.24) is 10.6 Å². The zero-order valence-corrected chi connectivity index (χ0v) is 11.4.